The van der Waals surface area contributed by atoms with E-state index >= 15 is 0 Å². The van der Waals surface area contributed by atoms with Crippen LogP contribution in [-0.4, -0.2) is 27.8 Å². The van der Waals surface area contributed by atoms with Crippen LogP contribution < -0.4 is 5.32 Å². The first-order chi connectivity index (χ1) is 13.6. The topological polar surface area (TPSA) is 69.6 Å². The van der Waals surface area contributed by atoms with Gasteiger partial charge in [0.2, 0.25) is 0 Å². The Labute approximate surface area is 173 Å². The first-order valence-electron chi connectivity index (χ1n) is 10.1. The van der Waals surface area contributed by atoms with Crippen LogP contribution >= 0.6 is 0 Å². The highest BCUT2D eigenvalue weighted by atomic mass is 16.4. The number of aliphatic hydroxyl groups is 1. The minimum absolute atomic E-state index is 0.0361. The number of benzene rings is 1. The minimum atomic E-state index is -1.59. The molecule has 0 saturated heterocycles. The van der Waals surface area contributed by atoms with Gasteiger partial charge in [0.25, 0.3) is 0 Å². The summed E-state index contributed by atoms with van der Waals surface area (Å²) in [5, 5.41) is 24.2. The first kappa shape index (κ1) is 21.1. The van der Waals surface area contributed by atoms with E-state index in [0.29, 0.717) is 0 Å². The van der Waals surface area contributed by atoms with Crippen molar-refractivity contribution in [1.29, 1.82) is 0 Å². The second-order valence-corrected chi connectivity index (χ2v) is 8.70. The van der Waals surface area contributed by atoms with Crippen LogP contribution in [0.1, 0.15) is 49.4 Å². The molecule has 0 bridgehead atoms. The zero-order chi connectivity index (χ0) is 21.4. The van der Waals surface area contributed by atoms with Crippen LogP contribution in [0.3, 0.4) is 0 Å². The van der Waals surface area contributed by atoms with Crippen molar-refractivity contribution in [2.24, 2.45) is 5.41 Å². The molecule has 0 amide bonds. The zero-order valence-corrected chi connectivity index (χ0v) is 17.9. The normalized spacial score (nSPS) is 27.3. The van der Waals surface area contributed by atoms with Crippen molar-refractivity contribution in [3.63, 3.8) is 0 Å². The average Bonchev–Trinajstić information content (AvgIpc) is 2.63. The zero-order valence-electron chi connectivity index (χ0n) is 17.9. The molecule has 3 unspecified atom stereocenters. The van der Waals surface area contributed by atoms with Gasteiger partial charge in [-0.15, -0.1) is 0 Å². The summed E-state index contributed by atoms with van der Waals surface area (Å²) in [6.45, 7) is 9.58. The van der Waals surface area contributed by atoms with Crippen molar-refractivity contribution in [1.82, 2.24) is 5.32 Å². The number of hydrogen-bond acceptors (Lipinski definition) is 3. The lowest BCUT2D eigenvalue weighted by Crippen LogP contribution is -2.47. The van der Waals surface area contributed by atoms with E-state index in [4.69, 9.17) is 0 Å². The number of rotatable bonds is 4. The van der Waals surface area contributed by atoms with E-state index in [0.717, 1.165) is 24.1 Å². The molecule has 4 heteroatoms. The van der Waals surface area contributed by atoms with Crippen molar-refractivity contribution >= 4 is 11.7 Å². The highest BCUT2D eigenvalue weighted by molar-refractivity contribution is 5.90. The molecule has 0 radical (unpaired) electrons. The number of carbonyl (C=O) groups is 1. The Bertz CT molecular complexity index is 949. The number of aryl methyl sites for hydroxylation is 2. The Morgan fingerprint density at radius 3 is 2.55 bits per heavy atom. The summed E-state index contributed by atoms with van der Waals surface area (Å²) in [7, 11) is 0. The van der Waals surface area contributed by atoms with Crippen LogP contribution in [0.5, 0.6) is 0 Å². The largest absolute Gasteiger partial charge is 0.478 e. The van der Waals surface area contributed by atoms with Gasteiger partial charge in [-0.2, -0.15) is 0 Å². The van der Waals surface area contributed by atoms with Crippen LogP contribution in [0.15, 0.2) is 54.2 Å². The van der Waals surface area contributed by atoms with Crippen LogP contribution in [0.4, 0.5) is 0 Å². The number of carboxylic acids is 1. The van der Waals surface area contributed by atoms with E-state index in [9.17, 15) is 15.0 Å². The fourth-order valence-corrected chi connectivity index (χ4v) is 4.34. The second kappa shape index (κ2) is 7.68. The van der Waals surface area contributed by atoms with Gasteiger partial charge < -0.3 is 15.5 Å². The van der Waals surface area contributed by atoms with E-state index in [2.05, 4.69) is 62.5 Å². The lowest BCUT2D eigenvalue weighted by molar-refractivity contribution is -0.134. The molecule has 2 aliphatic rings. The van der Waals surface area contributed by atoms with Gasteiger partial charge in [-0.05, 0) is 69.4 Å². The number of fused-ring (bicyclic) bond motifs is 1. The van der Waals surface area contributed by atoms with Crippen molar-refractivity contribution in [3.05, 3.63) is 76.4 Å². The molecule has 0 saturated carbocycles. The monoisotopic (exact) mass is 393 g/mol. The van der Waals surface area contributed by atoms with Crippen molar-refractivity contribution in [3.8, 4) is 0 Å². The molecule has 1 aromatic carbocycles. The van der Waals surface area contributed by atoms with Crippen LogP contribution in [0.2, 0.25) is 0 Å². The Hall–Kier alpha value is -2.59. The molecule has 0 spiro atoms. The standard InChI is InChI=1S/C25H31NO3/c1-6-20(23(27)28)25(5,29)15-21-19-13-17(3)16(2)12-18(19)14-22(26-21)24(4)10-8-7-9-11-24/h6-10,12-13,15,22,26,29H,11,14H2,1-5H3,(H,27,28)/b20-6-,21-15-. The van der Waals surface area contributed by atoms with Gasteiger partial charge in [0.1, 0.15) is 5.60 Å². The molecule has 1 aliphatic heterocycles. The van der Waals surface area contributed by atoms with Crippen molar-refractivity contribution in [2.75, 3.05) is 0 Å². The number of carboxylic acid groups (broad SMARTS) is 1. The third-order valence-corrected chi connectivity index (χ3v) is 6.33. The molecule has 1 heterocycles. The first-order valence-corrected chi connectivity index (χ1v) is 10.1. The molecule has 3 rings (SSSR count). The molecular weight excluding hydrogens is 362 g/mol. The summed E-state index contributed by atoms with van der Waals surface area (Å²) < 4.78 is 0. The second-order valence-electron chi connectivity index (χ2n) is 8.70. The van der Waals surface area contributed by atoms with E-state index < -0.39 is 11.6 Å². The SMILES string of the molecule is C/C=C(/C(=O)O)C(C)(O)/C=C1\NC(C2(C)C=CC=CC2)Cc2cc(C)c(C)cc21. The predicted molar refractivity (Wildman–Crippen MR) is 118 cm³/mol. The highest BCUT2D eigenvalue weighted by Gasteiger charge is 2.37. The Morgan fingerprint density at radius 2 is 1.97 bits per heavy atom. The summed E-state index contributed by atoms with van der Waals surface area (Å²) in [4.78, 5) is 11.6. The van der Waals surface area contributed by atoms with Crippen LogP contribution in [-0.2, 0) is 11.2 Å². The third kappa shape index (κ3) is 4.08. The molecule has 154 valence electrons. The smallest absolute Gasteiger partial charge is 0.334 e. The van der Waals surface area contributed by atoms with Gasteiger partial charge in [0.05, 0.1) is 5.57 Å². The molecule has 1 aliphatic carbocycles. The summed E-state index contributed by atoms with van der Waals surface area (Å²) in [6, 6.07) is 4.49. The van der Waals surface area contributed by atoms with Crippen LogP contribution in [0, 0.1) is 19.3 Å². The quantitative estimate of drug-likeness (QED) is 0.661. The lowest BCUT2D eigenvalue weighted by Gasteiger charge is -2.42. The molecule has 0 aromatic heterocycles. The number of allylic oxidation sites excluding steroid dienone is 4. The molecule has 29 heavy (non-hydrogen) atoms. The summed E-state index contributed by atoms with van der Waals surface area (Å²) in [5.41, 5.74) is 3.76. The predicted octanol–water partition coefficient (Wildman–Crippen LogP) is 4.46. The molecular formula is C25H31NO3. The summed E-state index contributed by atoms with van der Waals surface area (Å²) in [5.74, 6) is -1.12. The number of aliphatic carboxylic acids is 1. The average molecular weight is 394 g/mol. The molecule has 4 nitrogen and oxygen atoms in total. The highest BCUT2D eigenvalue weighted by Crippen LogP contribution is 2.39. The summed E-state index contributed by atoms with van der Waals surface area (Å²) in [6.07, 6.45) is 13.5. The lowest BCUT2D eigenvalue weighted by atomic mass is 9.72. The van der Waals surface area contributed by atoms with Crippen LogP contribution in [0.25, 0.3) is 5.70 Å². The molecule has 1 aromatic rings. The van der Waals surface area contributed by atoms with Gasteiger partial charge in [-0.1, -0.05) is 43.4 Å². The van der Waals surface area contributed by atoms with E-state index in [-0.39, 0.29) is 17.0 Å². The third-order valence-electron chi connectivity index (χ3n) is 6.33. The molecule has 3 atom stereocenters. The number of nitrogens with one attached hydrogen (secondary N) is 1. The Morgan fingerprint density at radius 1 is 1.28 bits per heavy atom. The van der Waals surface area contributed by atoms with Crippen molar-refractivity contribution < 1.29 is 15.0 Å². The van der Waals surface area contributed by atoms with Gasteiger partial charge in [-0.25, -0.2) is 4.79 Å². The van der Waals surface area contributed by atoms with Gasteiger partial charge in [0, 0.05) is 22.7 Å². The summed E-state index contributed by atoms with van der Waals surface area (Å²) >= 11 is 0. The fourth-order valence-electron chi connectivity index (χ4n) is 4.34. The Kier molecular flexibility index (Phi) is 5.59. The molecule has 0 fully saturated rings. The fraction of sp³-hybridized carbons (Fsp3) is 0.400. The number of hydrogen-bond donors (Lipinski definition) is 3. The van der Waals surface area contributed by atoms with E-state index in [1.165, 1.54) is 29.7 Å². The van der Waals surface area contributed by atoms with Crippen molar-refractivity contribution in [2.45, 2.75) is 59.1 Å². The maximum atomic E-state index is 11.6. The van der Waals surface area contributed by atoms with E-state index in [1.54, 1.807) is 13.0 Å². The van der Waals surface area contributed by atoms with E-state index in [1.807, 2.05) is 0 Å². The van der Waals surface area contributed by atoms with Gasteiger partial charge in [0.15, 0.2) is 0 Å². The maximum Gasteiger partial charge on any atom is 0.334 e. The van der Waals surface area contributed by atoms with Gasteiger partial charge >= 0.3 is 5.97 Å². The Balaban J connectivity index is 2.12. The molecule has 3 N–H and O–H groups in total. The van der Waals surface area contributed by atoms with Gasteiger partial charge in [-0.3, -0.25) is 0 Å². The minimum Gasteiger partial charge on any atom is -0.478 e. The maximum absolute atomic E-state index is 11.6.